The van der Waals surface area contributed by atoms with Crippen LogP contribution in [0.1, 0.15) is 62.8 Å². The van der Waals surface area contributed by atoms with Crippen LogP contribution in [0.3, 0.4) is 0 Å². The first-order valence-electron chi connectivity index (χ1n) is 9.40. The molecule has 2 aromatic rings. The first-order chi connectivity index (χ1) is 12.4. The number of aryl methyl sites for hydroxylation is 1. The molecule has 26 heavy (non-hydrogen) atoms. The van der Waals surface area contributed by atoms with Crippen molar-refractivity contribution in [1.29, 1.82) is 0 Å². The van der Waals surface area contributed by atoms with Crippen LogP contribution in [0.4, 0.5) is 17.5 Å². The summed E-state index contributed by atoms with van der Waals surface area (Å²) in [5.41, 5.74) is 4.64. The van der Waals surface area contributed by atoms with Crippen molar-refractivity contribution in [3.8, 4) is 0 Å². The van der Waals surface area contributed by atoms with E-state index in [9.17, 15) is 0 Å². The van der Waals surface area contributed by atoms with Gasteiger partial charge in [0.15, 0.2) is 0 Å². The average Bonchev–Trinajstić information content (AvgIpc) is 2.58. The van der Waals surface area contributed by atoms with Crippen molar-refractivity contribution in [2.24, 2.45) is 0 Å². The van der Waals surface area contributed by atoms with Crippen molar-refractivity contribution in [2.75, 3.05) is 30.9 Å². The zero-order chi connectivity index (χ0) is 19.1. The summed E-state index contributed by atoms with van der Waals surface area (Å²) in [6, 6.07) is 8.46. The monoisotopic (exact) mass is 356 g/mol. The van der Waals surface area contributed by atoms with Crippen LogP contribution in [-0.2, 0) is 4.74 Å². The van der Waals surface area contributed by atoms with Crippen LogP contribution in [0, 0.1) is 6.92 Å². The lowest BCUT2D eigenvalue weighted by Crippen LogP contribution is -2.10. The van der Waals surface area contributed by atoms with Gasteiger partial charge in [0.25, 0.3) is 0 Å². The molecule has 0 spiro atoms. The van der Waals surface area contributed by atoms with Gasteiger partial charge < -0.3 is 15.4 Å². The summed E-state index contributed by atoms with van der Waals surface area (Å²) in [5, 5.41) is 6.85. The van der Waals surface area contributed by atoms with Gasteiger partial charge in [-0.2, -0.15) is 4.98 Å². The predicted octanol–water partition coefficient (Wildman–Crippen LogP) is 5.22. The van der Waals surface area contributed by atoms with Gasteiger partial charge in [-0.05, 0) is 36.3 Å². The highest BCUT2D eigenvalue weighted by atomic mass is 16.5. The van der Waals surface area contributed by atoms with Crippen LogP contribution in [0.15, 0.2) is 24.3 Å². The Hall–Kier alpha value is -2.14. The lowest BCUT2D eigenvalue weighted by atomic mass is 9.93. The molecule has 142 valence electrons. The molecular weight excluding hydrogens is 324 g/mol. The average molecular weight is 357 g/mol. The summed E-state index contributed by atoms with van der Waals surface area (Å²) in [4.78, 5) is 9.24. The third kappa shape index (κ3) is 5.43. The molecule has 1 heterocycles. The first kappa shape index (κ1) is 20.2. The fourth-order valence-corrected chi connectivity index (χ4v) is 2.96. The number of anilines is 3. The molecule has 0 aliphatic rings. The van der Waals surface area contributed by atoms with Crippen molar-refractivity contribution >= 4 is 17.5 Å². The zero-order valence-electron chi connectivity index (χ0n) is 16.9. The van der Waals surface area contributed by atoms with Gasteiger partial charge >= 0.3 is 0 Å². The predicted molar refractivity (Wildman–Crippen MR) is 110 cm³/mol. The highest BCUT2D eigenvalue weighted by molar-refractivity contribution is 5.66. The Morgan fingerprint density at radius 3 is 2.27 bits per heavy atom. The highest BCUT2D eigenvalue weighted by Crippen LogP contribution is 2.34. The Labute approximate surface area is 157 Å². The fourth-order valence-electron chi connectivity index (χ4n) is 2.96. The molecule has 0 radical (unpaired) electrons. The molecule has 0 aliphatic carbocycles. The minimum Gasteiger partial charge on any atom is -0.385 e. The van der Waals surface area contributed by atoms with Gasteiger partial charge in [-0.1, -0.05) is 45.9 Å². The van der Waals surface area contributed by atoms with Crippen LogP contribution in [0.25, 0.3) is 0 Å². The van der Waals surface area contributed by atoms with E-state index in [0.717, 1.165) is 36.8 Å². The number of benzene rings is 1. The van der Waals surface area contributed by atoms with Crippen LogP contribution in [-0.4, -0.2) is 30.2 Å². The van der Waals surface area contributed by atoms with Crippen molar-refractivity contribution in [1.82, 2.24) is 9.97 Å². The second-order valence-corrected chi connectivity index (χ2v) is 7.24. The second kappa shape index (κ2) is 9.53. The molecule has 2 rings (SSSR count). The van der Waals surface area contributed by atoms with Gasteiger partial charge in [0.05, 0.1) is 0 Å². The standard InChI is InChI=1S/C21H32N4O/c1-14(2)17-9-7-10-18(15(3)4)20(17)25-21-23-16(5)13-19(24-21)22-11-8-12-26-6/h7,9-10,13-15H,8,11-12H2,1-6H3,(H2,22,23,24,25). The molecule has 0 aliphatic heterocycles. The fraction of sp³-hybridized carbons (Fsp3) is 0.524. The Bertz CT molecular complexity index is 687. The third-order valence-corrected chi connectivity index (χ3v) is 4.30. The largest absolute Gasteiger partial charge is 0.385 e. The maximum absolute atomic E-state index is 5.09. The van der Waals surface area contributed by atoms with Crippen molar-refractivity contribution in [2.45, 2.75) is 52.9 Å². The van der Waals surface area contributed by atoms with E-state index < -0.39 is 0 Å². The van der Waals surface area contributed by atoms with Gasteiger partial charge in [0, 0.05) is 37.7 Å². The summed E-state index contributed by atoms with van der Waals surface area (Å²) >= 11 is 0. The maximum Gasteiger partial charge on any atom is 0.229 e. The molecule has 0 amide bonds. The summed E-state index contributed by atoms with van der Waals surface area (Å²) in [7, 11) is 1.72. The molecule has 0 saturated heterocycles. The van der Waals surface area contributed by atoms with E-state index in [2.05, 4.69) is 66.5 Å². The molecule has 0 saturated carbocycles. The SMILES string of the molecule is COCCCNc1cc(C)nc(Nc2c(C(C)C)cccc2C(C)C)n1. The van der Waals surface area contributed by atoms with E-state index in [-0.39, 0.29) is 0 Å². The van der Waals surface area contributed by atoms with Crippen LogP contribution >= 0.6 is 0 Å². The van der Waals surface area contributed by atoms with Crippen molar-refractivity contribution in [3.63, 3.8) is 0 Å². The van der Waals surface area contributed by atoms with Crippen molar-refractivity contribution < 1.29 is 4.74 Å². The Morgan fingerprint density at radius 1 is 1.04 bits per heavy atom. The quantitative estimate of drug-likeness (QED) is 0.603. The number of hydrogen-bond donors (Lipinski definition) is 2. The number of rotatable bonds is 9. The minimum atomic E-state index is 0.424. The smallest absolute Gasteiger partial charge is 0.229 e. The zero-order valence-corrected chi connectivity index (χ0v) is 16.9. The number of nitrogens with zero attached hydrogens (tertiary/aromatic N) is 2. The van der Waals surface area contributed by atoms with Crippen LogP contribution < -0.4 is 10.6 Å². The summed E-state index contributed by atoms with van der Waals surface area (Å²) < 4.78 is 5.09. The lowest BCUT2D eigenvalue weighted by Gasteiger charge is -2.20. The van der Waals surface area contributed by atoms with Gasteiger partial charge in [-0.15, -0.1) is 0 Å². The molecular formula is C21H32N4O. The molecule has 0 atom stereocenters. The number of aromatic nitrogens is 2. The summed E-state index contributed by atoms with van der Waals surface area (Å²) in [5.74, 6) is 2.32. The van der Waals surface area contributed by atoms with Gasteiger partial charge in [-0.3, -0.25) is 0 Å². The molecule has 5 nitrogen and oxygen atoms in total. The Balaban J connectivity index is 2.29. The number of para-hydroxylation sites is 1. The van der Waals surface area contributed by atoms with Gasteiger partial charge in [-0.25, -0.2) is 4.98 Å². The summed E-state index contributed by atoms with van der Waals surface area (Å²) in [6.07, 6.45) is 0.940. The second-order valence-electron chi connectivity index (χ2n) is 7.24. The molecule has 0 bridgehead atoms. The number of hydrogen-bond acceptors (Lipinski definition) is 5. The highest BCUT2D eigenvalue weighted by Gasteiger charge is 2.15. The molecule has 1 aromatic carbocycles. The van der Waals surface area contributed by atoms with Crippen LogP contribution in [0.2, 0.25) is 0 Å². The molecule has 5 heteroatoms. The van der Waals surface area contributed by atoms with E-state index in [1.165, 1.54) is 11.1 Å². The third-order valence-electron chi connectivity index (χ3n) is 4.30. The van der Waals surface area contributed by atoms with Gasteiger partial charge in [0.2, 0.25) is 5.95 Å². The topological polar surface area (TPSA) is 59.1 Å². The molecule has 1 aromatic heterocycles. The number of ether oxygens (including phenoxy) is 1. The molecule has 0 unspecified atom stereocenters. The lowest BCUT2D eigenvalue weighted by molar-refractivity contribution is 0.198. The van der Waals surface area contributed by atoms with E-state index in [1.54, 1.807) is 7.11 Å². The normalized spacial score (nSPS) is 11.2. The van der Waals surface area contributed by atoms with E-state index >= 15 is 0 Å². The van der Waals surface area contributed by atoms with Crippen molar-refractivity contribution in [3.05, 3.63) is 41.1 Å². The Morgan fingerprint density at radius 2 is 1.69 bits per heavy atom. The summed E-state index contributed by atoms with van der Waals surface area (Å²) in [6.45, 7) is 12.4. The van der Waals surface area contributed by atoms with E-state index in [4.69, 9.17) is 4.74 Å². The molecule has 0 fully saturated rings. The first-order valence-corrected chi connectivity index (χ1v) is 9.40. The van der Waals surface area contributed by atoms with Gasteiger partial charge in [0.1, 0.15) is 5.82 Å². The van der Waals surface area contributed by atoms with E-state index in [1.807, 2.05) is 13.0 Å². The molecule has 2 N–H and O–H groups in total. The van der Waals surface area contributed by atoms with Crippen LogP contribution in [0.5, 0.6) is 0 Å². The number of nitrogens with one attached hydrogen (secondary N) is 2. The maximum atomic E-state index is 5.09. The van der Waals surface area contributed by atoms with E-state index in [0.29, 0.717) is 17.8 Å². The number of methoxy groups -OCH3 is 1. The Kier molecular flexibility index (Phi) is 7.39. The minimum absolute atomic E-state index is 0.424.